The molecule has 2 aliphatic rings. The second-order valence-corrected chi connectivity index (χ2v) is 9.39. The third-order valence-electron chi connectivity index (χ3n) is 6.68. The van der Waals surface area contributed by atoms with Gasteiger partial charge >= 0.3 is 6.09 Å². The molecule has 1 aromatic carbocycles. The molecule has 194 valence electrons. The highest BCUT2D eigenvalue weighted by Gasteiger charge is 2.23. The molecular weight excluding hydrogens is 450 g/mol. The molecule has 1 amide bonds. The van der Waals surface area contributed by atoms with Crippen LogP contribution in [0.5, 0.6) is 5.75 Å². The van der Waals surface area contributed by atoms with Crippen molar-refractivity contribution < 1.29 is 14.3 Å². The minimum Gasteiger partial charge on any atom is -0.497 e. The number of nitrogens with zero attached hydrogens (tertiary/aromatic N) is 1. The minimum atomic E-state index is -0.419. The number of hydrogen-bond donors (Lipinski definition) is 2. The van der Waals surface area contributed by atoms with Gasteiger partial charge < -0.3 is 19.7 Å². The average Bonchev–Trinajstić information content (AvgIpc) is 2.89. The maximum atomic E-state index is 12.7. The molecule has 1 fully saturated rings. The molecule has 1 aliphatic carbocycles. The van der Waals surface area contributed by atoms with Crippen molar-refractivity contribution in [3.63, 3.8) is 0 Å². The van der Waals surface area contributed by atoms with Gasteiger partial charge in [0.15, 0.2) is 0 Å². The fraction of sp³-hybridized carbons (Fsp3) is 0.433. The molecule has 1 aromatic rings. The molecule has 1 saturated heterocycles. The van der Waals surface area contributed by atoms with E-state index in [2.05, 4.69) is 67.2 Å². The smallest absolute Gasteiger partial charge is 0.411 e. The van der Waals surface area contributed by atoms with Crippen LogP contribution in [0, 0.1) is 11.8 Å². The zero-order valence-corrected chi connectivity index (χ0v) is 22.2. The second-order valence-electron chi connectivity index (χ2n) is 9.39. The molecule has 0 bridgehead atoms. The largest absolute Gasteiger partial charge is 0.497 e. The van der Waals surface area contributed by atoms with Gasteiger partial charge in [-0.25, -0.2) is 4.79 Å². The first-order valence-electron chi connectivity index (χ1n) is 13.0. The number of methoxy groups -OCH3 is 1. The van der Waals surface area contributed by atoms with Crippen LogP contribution in [0.25, 0.3) is 5.70 Å². The van der Waals surface area contributed by atoms with E-state index >= 15 is 0 Å². The summed E-state index contributed by atoms with van der Waals surface area (Å²) in [5.41, 5.74) is 4.62. The van der Waals surface area contributed by atoms with Gasteiger partial charge in [-0.2, -0.15) is 0 Å². The number of rotatable bonds is 10. The Morgan fingerprint density at radius 3 is 2.72 bits per heavy atom. The average molecular weight is 492 g/mol. The van der Waals surface area contributed by atoms with E-state index in [1.807, 2.05) is 30.3 Å². The molecule has 6 heteroatoms. The normalized spacial score (nSPS) is 18.9. The Morgan fingerprint density at radius 1 is 1.25 bits per heavy atom. The predicted octanol–water partition coefficient (Wildman–Crippen LogP) is 6.37. The van der Waals surface area contributed by atoms with Crippen molar-refractivity contribution in [3.8, 4) is 5.75 Å². The Morgan fingerprint density at radius 2 is 2.03 bits per heavy atom. The van der Waals surface area contributed by atoms with Crippen molar-refractivity contribution in [3.05, 3.63) is 83.9 Å². The molecule has 6 nitrogen and oxygen atoms in total. The highest BCUT2D eigenvalue weighted by atomic mass is 16.5. The first kappa shape index (κ1) is 27.2. The van der Waals surface area contributed by atoms with Gasteiger partial charge in [0.1, 0.15) is 5.75 Å². The van der Waals surface area contributed by atoms with Crippen molar-refractivity contribution in [1.29, 1.82) is 0 Å². The number of alkyl carbamates (subject to hydrolysis) is 1. The number of allylic oxidation sites excluding steroid dienone is 6. The lowest BCUT2D eigenvalue weighted by molar-refractivity contribution is 0.106. The molecular formula is C30H41N3O3. The third kappa shape index (κ3) is 7.54. The number of benzene rings is 1. The summed E-state index contributed by atoms with van der Waals surface area (Å²) in [7, 11) is 1.65. The molecule has 1 unspecified atom stereocenters. The van der Waals surface area contributed by atoms with E-state index in [0.29, 0.717) is 12.5 Å². The Bertz CT molecular complexity index is 1030. The number of hydrogen-bond acceptors (Lipinski definition) is 5. The van der Waals surface area contributed by atoms with Crippen LogP contribution in [0.2, 0.25) is 0 Å². The lowest BCUT2D eigenvalue weighted by Crippen LogP contribution is -2.36. The van der Waals surface area contributed by atoms with Gasteiger partial charge in [0.25, 0.3) is 0 Å². The maximum absolute atomic E-state index is 12.7. The summed E-state index contributed by atoms with van der Waals surface area (Å²) in [5, 5.41) is 6.38. The highest BCUT2D eigenvalue weighted by Crippen LogP contribution is 2.26. The summed E-state index contributed by atoms with van der Waals surface area (Å²) in [6, 6.07) is 7.75. The number of piperidine rings is 1. The molecule has 2 N–H and O–H groups in total. The second kappa shape index (κ2) is 13.6. The topological polar surface area (TPSA) is 62.8 Å². The molecule has 1 atom stereocenters. The first-order valence-corrected chi connectivity index (χ1v) is 13.0. The quantitative estimate of drug-likeness (QED) is 0.372. The van der Waals surface area contributed by atoms with E-state index in [-0.39, 0.29) is 5.92 Å². The number of nitrogens with one attached hydrogen (secondary N) is 2. The van der Waals surface area contributed by atoms with Gasteiger partial charge in [-0.3, -0.25) is 5.32 Å². The van der Waals surface area contributed by atoms with Gasteiger partial charge in [0.2, 0.25) is 0 Å². The van der Waals surface area contributed by atoms with E-state index < -0.39 is 6.09 Å². The van der Waals surface area contributed by atoms with E-state index in [9.17, 15) is 4.79 Å². The van der Waals surface area contributed by atoms with Gasteiger partial charge in [0, 0.05) is 41.7 Å². The van der Waals surface area contributed by atoms with Gasteiger partial charge in [-0.15, -0.1) is 0 Å². The monoisotopic (exact) mass is 491 g/mol. The molecule has 3 rings (SSSR count). The Kier molecular flexibility index (Phi) is 10.3. The van der Waals surface area contributed by atoms with Crippen LogP contribution in [0.15, 0.2) is 78.3 Å². The molecule has 0 saturated carbocycles. The predicted molar refractivity (Wildman–Crippen MR) is 147 cm³/mol. The standard InChI is InChI=1S/C30H41N3O3/c1-6-10-26(11-7-2)33-18-16-24(17-19-33)21-36-30(34)32-28-15-8-12-22(3)29(28)31-23(4)25-13-9-14-27(20-25)35-5/h6,8-11,13-15,20,22,24,31H,4,7,12,16-19,21H2,1-3,5H3,(H,32,34)/b10-6-,26-11+. The van der Waals surface area contributed by atoms with Crippen molar-refractivity contribution in [2.45, 2.75) is 46.5 Å². The molecule has 1 aliphatic heterocycles. The fourth-order valence-corrected chi connectivity index (χ4v) is 4.59. The molecule has 0 radical (unpaired) electrons. The van der Waals surface area contributed by atoms with Gasteiger partial charge in [0.05, 0.1) is 19.4 Å². The Balaban J connectivity index is 1.55. The molecule has 0 aromatic heterocycles. The zero-order chi connectivity index (χ0) is 25.9. The van der Waals surface area contributed by atoms with Crippen molar-refractivity contribution >= 4 is 11.8 Å². The first-order chi connectivity index (χ1) is 17.4. The molecule has 0 spiro atoms. The lowest BCUT2D eigenvalue weighted by atomic mass is 9.96. The van der Waals surface area contributed by atoms with Crippen molar-refractivity contribution in [1.82, 2.24) is 15.5 Å². The van der Waals surface area contributed by atoms with E-state index in [4.69, 9.17) is 9.47 Å². The fourth-order valence-electron chi connectivity index (χ4n) is 4.59. The summed E-state index contributed by atoms with van der Waals surface area (Å²) < 4.78 is 11.0. The molecule has 1 heterocycles. The molecule has 36 heavy (non-hydrogen) atoms. The zero-order valence-electron chi connectivity index (χ0n) is 22.2. The van der Waals surface area contributed by atoms with Crippen LogP contribution in [0.4, 0.5) is 4.79 Å². The van der Waals surface area contributed by atoms with Gasteiger partial charge in [-0.1, -0.05) is 50.8 Å². The van der Waals surface area contributed by atoms with Crippen LogP contribution in [0.3, 0.4) is 0 Å². The Hall–Kier alpha value is -3.41. The summed E-state index contributed by atoms with van der Waals surface area (Å²) >= 11 is 0. The number of amides is 1. The summed E-state index contributed by atoms with van der Waals surface area (Å²) in [4.78, 5) is 15.1. The highest BCUT2D eigenvalue weighted by molar-refractivity contribution is 5.71. The number of ether oxygens (including phenoxy) is 2. The Labute approximate surface area is 216 Å². The minimum absolute atomic E-state index is 0.208. The SMILES string of the molecule is C=C(NC1=C(NC(=O)OCC2CCN(C(/C=C\C)=C/CC)CC2)C=CCC1C)c1cccc(OC)c1. The number of carbonyl (C=O) groups excluding carboxylic acids is 1. The summed E-state index contributed by atoms with van der Waals surface area (Å²) in [6.45, 7) is 12.9. The summed E-state index contributed by atoms with van der Waals surface area (Å²) in [5.74, 6) is 1.36. The van der Waals surface area contributed by atoms with Crippen molar-refractivity contribution in [2.75, 3.05) is 26.8 Å². The third-order valence-corrected chi connectivity index (χ3v) is 6.68. The number of carbonyl (C=O) groups is 1. The summed E-state index contributed by atoms with van der Waals surface area (Å²) in [6.07, 6.45) is 14.1. The van der Waals surface area contributed by atoms with Crippen molar-refractivity contribution in [2.24, 2.45) is 11.8 Å². The van der Waals surface area contributed by atoms with Crippen LogP contribution >= 0.6 is 0 Å². The van der Waals surface area contributed by atoms with E-state index in [1.54, 1.807) is 7.11 Å². The van der Waals surface area contributed by atoms with Crippen LogP contribution in [0.1, 0.15) is 52.0 Å². The van der Waals surface area contributed by atoms with Crippen LogP contribution < -0.4 is 15.4 Å². The van der Waals surface area contributed by atoms with Crippen LogP contribution in [-0.4, -0.2) is 37.8 Å². The van der Waals surface area contributed by atoms with Gasteiger partial charge in [-0.05, 0) is 62.8 Å². The van der Waals surface area contributed by atoms with Crippen LogP contribution in [-0.2, 0) is 4.74 Å². The lowest BCUT2D eigenvalue weighted by Gasteiger charge is -2.34. The van der Waals surface area contributed by atoms with E-state index in [1.165, 1.54) is 5.70 Å². The van der Waals surface area contributed by atoms with E-state index in [0.717, 1.165) is 67.2 Å². The maximum Gasteiger partial charge on any atom is 0.411 e. The number of likely N-dealkylation sites (tertiary alicyclic amines) is 1.